The minimum absolute atomic E-state index is 0.109. The molecule has 2 heterocycles. The maximum atomic E-state index is 15.8. The van der Waals surface area contributed by atoms with Crippen LogP contribution in [0.25, 0.3) is 22.5 Å². The summed E-state index contributed by atoms with van der Waals surface area (Å²) in [6.45, 7) is 2.69. The van der Waals surface area contributed by atoms with Gasteiger partial charge in [0.25, 0.3) is 0 Å². The van der Waals surface area contributed by atoms with Gasteiger partial charge in [0.1, 0.15) is 17.2 Å². The summed E-state index contributed by atoms with van der Waals surface area (Å²) in [7, 11) is 0.561. The molecule has 0 atom stereocenters. The SMILES string of the molecule is COc1ccc(CN(Cc2ccc(OC)cc2)S(=O)(=O)c2c(CC3CCNCC3)ccc(-c3ccc(CN)cc3)c2-c2nnn(Cc3ccc(OC)cc3)n2)cc1. The molecule has 3 N–H and O–H groups in total. The molecule has 1 fully saturated rings. The molecule has 0 aliphatic carbocycles. The van der Waals surface area contributed by atoms with Crippen LogP contribution in [0.2, 0.25) is 0 Å². The second kappa shape index (κ2) is 18.1. The van der Waals surface area contributed by atoms with Crippen molar-refractivity contribution in [2.75, 3.05) is 34.4 Å². The third-order valence-electron chi connectivity index (χ3n) is 10.5. The van der Waals surface area contributed by atoms with Crippen LogP contribution in [-0.2, 0) is 42.6 Å². The van der Waals surface area contributed by atoms with Crippen molar-refractivity contribution in [3.8, 4) is 39.8 Å². The van der Waals surface area contributed by atoms with Crippen molar-refractivity contribution in [3.63, 3.8) is 0 Å². The van der Waals surface area contributed by atoms with Crippen molar-refractivity contribution in [1.82, 2.24) is 29.8 Å². The number of piperidine rings is 1. The topological polar surface area (TPSA) is 147 Å². The molecule has 0 bridgehead atoms. The first-order chi connectivity index (χ1) is 27.8. The molecule has 1 aromatic heterocycles. The molecule has 57 heavy (non-hydrogen) atoms. The van der Waals surface area contributed by atoms with Crippen LogP contribution in [0.3, 0.4) is 0 Å². The molecule has 12 nitrogen and oxygen atoms in total. The third kappa shape index (κ3) is 9.35. The average Bonchev–Trinajstić information content (AvgIpc) is 3.72. The van der Waals surface area contributed by atoms with Crippen LogP contribution in [0.5, 0.6) is 17.2 Å². The number of methoxy groups -OCH3 is 3. The molecule has 0 saturated carbocycles. The molecular formula is C44H49N7O5S. The molecule has 1 aliphatic rings. The number of nitrogens with zero attached hydrogens (tertiary/aromatic N) is 5. The average molecular weight is 788 g/mol. The van der Waals surface area contributed by atoms with Gasteiger partial charge in [0, 0.05) is 19.6 Å². The Labute approximate surface area is 334 Å². The normalized spacial score (nSPS) is 13.5. The van der Waals surface area contributed by atoms with Crippen LogP contribution >= 0.6 is 0 Å². The maximum absolute atomic E-state index is 15.8. The van der Waals surface area contributed by atoms with E-state index in [1.165, 1.54) is 4.80 Å². The van der Waals surface area contributed by atoms with Crippen molar-refractivity contribution in [2.45, 2.75) is 50.3 Å². The lowest BCUT2D eigenvalue weighted by Crippen LogP contribution is -2.32. The minimum atomic E-state index is -4.29. The fourth-order valence-corrected chi connectivity index (χ4v) is 9.13. The van der Waals surface area contributed by atoms with Crippen molar-refractivity contribution < 1.29 is 22.6 Å². The third-order valence-corrected chi connectivity index (χ3v) is 12.4. The van der Waals surface area contributed by atoms with Gasteiger partial charge in [-0.2, -0.15) is 9.10 Å². The van der Waals surface area contributed by atoms with Crippen LogP contribution in [0.15, 0.2) is 114 Å². The van der Waals surface area contributed by atoms with Crippen molar-refractivity contribution in [1.29, 1.82) is 0 Å². The first kappa shape index (κ1) is 39.6. The number of aromatic nitrogens is 4. The molecule has 7 rings (SSSR count). The number of hydrogen-bond acceptors (Lipinski definition) is 10. The summed E-state index contributed by atoms with van der Waals surface area (Å²) in [5.41, 5.74) is 12.1. The first-order valence-electron chi connectivity index (χ1n) is 19.1. The van der Waals surface area contributed by atoms with Crippen molar-refractivity contribution in [2.24, 2.45) is 11.7 Å². The number of hydrogen-bond donors (Lipinski definition) is 2. The summed E-state index contributed by atoms with van der Waals surface area (Å²) in [5.74, 6) is 2.63. The highest BCUT2D eigenvalue weighted by atomic mass is 32.2. The van der Waals surface area contributed by atoms with Crippen LogP contribution < -0.4 is 25.3 Å². The number of tetrazole rings is 1. The van der Waals surface area contributed by atoms with Gasteiger partial charge in [-0.05, 0) is 119 Å². The Morgan fingerprint density at radius 3 is 1.77 bits per heavy atom. The predicted molar refractivity (Wildman–Crippen MR) is 220 cm³/mol. The lowest BCUT2D eigenvalue weighted by Gasteiger charge is -2.28. The molecule has 13 heteroatoms. The van der Waals surface area contributed by atoms with Crippen molar-refractivity contribution in [3.05, 3.63) is 137 Å². The molecule has 1 aliphatic heterocycles. The summed E-state index contributed by atoms with van der Waals surface area (Å²) in [4.78, 5) is 1.69. The number of sulfonamides is 1. The van der Waals surface area contributed by atoms with E-state index in [1.54, 1.807) is 25.6 Å². The quantitative estimate of drug-likeness (QED) is 0.112. The molecule has 1 saturated heterocycles. The monoisotopic (exact) mass is 787 g/mol. The lowest BCUT2D eigenvalue weighted by molar-refractivity contribution is 0.369. The van der Waals surface area contributed by atoms with Gasteiger partial charge >= 0.3 is 0 Å². The number of benzene rings is 5. The highest BCUT2D eigenvalue weighted by molar-refractivity contribution is 7.89. The van der Waals surface area contributed by atoms with E-state index in [9.17, 15) is 0 Å². The molecule has 0 radical (unpaired) electrons. The van der Waals surface area contributed by atoms with E-state index in [0.29, 0.717) is 42.1 Å². The molecular weight excluding hydrogens is 739 g/mol. The van der Waals surface area contributed by atoms with Gasteiger partial charge < -0.3 is 25.3 Å². The van der Waals surface area contributed by atoms with Gasteiger partial charge in [0.2, 0.25) is 15.8 Å². The van der Waals surface area contributed by atoms with E-state index >= 15 is 8.42 Å². The molecule has 0 unspecified atom stereocenters. The fourth-order valence-electron chi connectivity index (χ4n) is 7.29. The van der Waals surface area contributed by atoms with E-state index in [2.05, 4.69) is 15.6 Å². The standard InChI is InChI=1S/C44H49N7O5S/c1-54-38-15-6-33(7-16-38)28-50(29-34-8-17-39(55-2)18-9-34)57(52,53)43-37(26-31-22-24-46-25-23-31)14-21-41(36-12-4-32(27-45)5-13-36)42(43)44-47-49-51(48-44)30-35-10-19-40(56-3)20-11-35/h4-21,31,46H,22-30,45H2,1-3H3. The predicted octanol–water partition coefficient (Wildman–Crippen LogP) is 6.47. The van der Waals surface area contributed by atoms with Crippen LogP contribution in [-0.4, -0.2) is 67.3 Å². The summed E-state index contributed by atoms with van der Waals surface area (Å²) in [5, 5.41) is 17.4. The maximum Gasteiger partial charge on any atom is 0.244 e. The zero-order chi connectivity index (χ0) is 39.8. The smallest absolute Gasteiger partial charge is 0.244 e. The number of ether oxygens (including phenoxy) is 3. The Kier molecular flexibility index (Phi) is 12.6. The number of nitrogens with one attached hydrogen (secondary N) is 1. The van der Waals surface area contributed by atoms with Gasteiger partial charge in [-0.25, -0.2) is 8.42 Å². The van der Waals surface area contributed by atoms with Gasteiger partial charge in [-0.1, -0.05) is 72.8 Å². The zero-order valence-electron chi connectivity index (χ0n) is 32.6. The molecule has 296 valence electrons. The van der Waals surface area contributed by atoms with Crippen LogP contribution in [0, 0.1) is 5.92 Å². The van der Waals surface area contributed by atoms with Gasteiger partial charge in [0.15, 0.2) is 0 Å². The van der Waals surface area contributed by atoms with Crippen LogP contribution in [0.1, 0.15) is 40.7 Å². The van der Waals surface area contributed by atoms with E-state index in [-0.39, 0.29) is 29.7 Å². The zero-order valence-corrected chi connectivity index (χ0v) is 33.4. The van der Waals surface area contributed by atoms with Gasteiger partial charge in [-0.3, -0.25) is 0 Å². The molecule has 5 aromatic carbocycles. The van der Waals surface area contributed by atoms with Crippen LogP contribution in [0.4, 0.5) is 0 Å². The van der Waals surface area contributed by atoms with E-state index in [0.717, 1.165) is 65.1 Å². The summed E-state index contributed by atoms with van der Waals surface area (Å²) < 4.78 is 49.4. The molecule has 6 aromatic rings. The second-order valence-corrected chi connectivity index (χ2v) is 16.1. The van der Waals surface area contributed by atoms with Crippen molar-refractivity contribution >= 4 is 10.0 Å². The number of rotatable bonds is 16. The highest BCUT2D eigenvalue weighted by Gasteiger charge is 2.35. The largest absolute Gasteiger partial charge is 0.497 e. The Bertz CT molecular complexity index is 2290. The van der Waals surface area contributed by atoms with E-state index in [1.807, 2.05) is 109 Å². The lowest BCUT2D eigenvalue weighted by atomic mass is 9.88. The Hall–Kier alpha value is -5.60. The second-order valence-electron chi connectivity index (χ2n) is 14.2. The van der Waals surface area contributed by atoms with E-state index in [4.69, 9.17) is 25.0 Å². The Morgan fingerprint density at radius 2 is 1.25 bits per heavy atom. The molecule has 0 spiro atoms. The summed E-state index contributed by atoms with van der Waals surface area (Å²) in [6.07, 6.45) is 2.46. The van der Waals surface area contributed by atoms with Gasteiger partial charge in [-0.15, -0.1) is 10.2 Å². The van der Waals surface area contributed by atoms with E-state index < -0.39 is 10.0 Å². The fraction of sp³-hybridized carbons (Fsp3) is 0.295. The number of nitrogens with two attached hydrogens (primary N) is 1. The van der Waals surface area contributed by atoms with Gasteiger partial charge in [0.05, 0.1) is 38.3 Å². The highest BCUT2D eigenvalue weighted by Crippen LogP contribution is 2.41. The summed E-state index contributed by atoms with van der Waals surface area (Å²) >= 11 is 0. The summed E-state index contributed by atoms with van der Waals surface area (Å²) in [6, 6.07) is 34.5. The minimum Gasteiger partial charge on any atom is -0.497 e. The Morgan fingerprint density at radius 1 is 0.719 bits per heavy atom. The molecule has 0 amide bonds. The Balaban J connectivity index is 1.42. The first-order valence-corrected chi connectivity index (χ1v) is 20.5.